The molecule has 0 aliphatic rings. The Hall–Kier alpha value is -2.05. The highest BCUT2D eigenvalue weighted by Gasteiger charge is 2.16. The largest absolute Gasteiger partial charge is 0.481 e. The minimum atomic E-state index is -0.847. The summed E-state index contributed by atoms with van der Waals surface area (Å²) in [5.41, 5.74) is 0.629. The zero-order chi connectivity index (χ0) is 15.0. The van der Waals surface area contributed by atoms with Crippen molar-refractivity contribution in [2.75, 3.05) is 6.54 Å². The van der Waals surface area contributed by atoms with Crippen molar-refractivity contribution in [1.29, 1.82) is 0 Å². The molecule has 0 radical (unpaired) electrons. The maximum absolute atomic E-state index is 11.6. The number of nitrogens with one attached hydrogen (secondary N) is 2. The van der Waals surface area contributed by atoms with Gasteiger partial charge in [0.1, 0.15) is 12.0 Å². The van der Waals surface area contributed by atoms with Gasteiger partial charge in [-0.1, -0.05) is 19.0 Å². The van der Waals surface area contributed by atoms with Crippen LogP contribution >= 0.6 is 0 Å². The standard InChI is InChI=1S/C13H21N3O4/c1-9(2)5-10(6-12(17)18)7-14-13(19)15-8-11-3-4-20-16-11/h3-4,9-10H,5-8H2,1-2H3,(H,17,18)(H2,14,15,19)/t10-/m0/s1. The summed E-state index contributed by atoms with van der Waals surface area (Å²) in [5, 5.41) is 17.8. The molecule has 1 atom stereocenters. The van der Waals surface area contributed by atoms with Gasteiger partial charge in [0.15, 0.2) is 0 Å². The number of amides is 2. The van der Waals surface area contributed by atoms with Gasteiger partial charge >= 0.3 is 12.0 Å². The zero-order valence-corrected chi connectivity index (χ0v) is 11.8. The van der Waals surface area contributed by atoms with Crippen molar-refractivity contribution in [3.8, 4) is 0 Å². The third-order valence-electron chi connectivity index (χ3n) is 2.74. The highest BCUT2D eigenvalue weighted by atomic mass is 16.5. The zero-order valence-electron chi connectivity index (χ0n) is 11.8. The first-order chi connectivity index (χ1) is 9.47. The van der Waals surface area contributed by atoms with Crippen molar-refractivity contribution in [1.82, 2.24) is 15.8 Å². The molecule has 112 valence electrons. The van der Waals surface area contributed by atoms with Crippen LogP contribution in [-0.4, -0.2) is 28.8 Å². The second-order valence-electron chi connectivity index (χ2n) is 5.15. The minimum Gasteiger partial charge on any atom is -0.481 e. The van der Waals surface area contributed by atoms with Crippen LogP contribution in [0.5, 0.6) is 0 Å². The quantitative estimate of drug-likeness (QED) is 0.672. The Morgan fingerprint density at radius 1 is 1.40 bits per heavy atom. The molecule has 7 heteroatoms. The Labute approximate surface area is 117 Å². The second-order valence-corrected chi connectivity index (χ2v) is 5.15. The van der Waals surface area contributed by atoms with Gasteiger partial charge in [0, 0.05) is 19.0 Å². The van der Waals surface area contributed by atoms with Gasteiger partial charge in [0.2, 0.25) is 0 Å². The molecule has 0 saturated carbocycles. The molecule has 7 nitrogen and oxygen atoms in total. The van der Waals surface area contributed by atoms with E-state index in [0.29, 0.717) is 18.2 Å². The fraction of sp³-hybridized carbons (Fsp3) is 0.615. The van der Waals surface area contributed by atoms with Gasteiger partial charge in [-0.15, -0.1) is 0 Å². The second kappa shape index (κ2) is 8.19. The van der Waals surface area contributed by atoms with Crippen LogP contribution in [0.4, 0.5) is 4.79 Å². The molecule has 0 unspecified atom stereocenters. The maximum Gasteiger partial charge on any atom is 0.315 e. The fourth-order valence-corrected chi connectivity index (χ4v) is 1.95. The first-order valence-corrected chi connectivity index (χ1v) is 6.60. The predicted octanol–water partition coefficient (Wildman–Crippen LogP) is 1.61. The summed E-state index contributed by atoms with van der Waals surface area (Å²) in [7, 11) is 0. The predicted molar refractivity (Wildman–Crippen MR) is 71.9 cm³/mol. The van der Waals surface area contributed by atoms with Crippen LogP contribution in [-0.2, 0) is 11.3 Å². The Balaban J connectivity index is 2.30. The van der Waals surface area contributed by atoms with Gasteiger partial charge in [0.25, 0.3) is 0 Å². The molecule has 0 fully saturated rings. The van der Waals surface area contributed by atoms with E-state index in [9.17, 15) is 9.59 Å². The average Bonchev–Trinajstić information content (AvgIpc) is 2.85. The molecule has 2 amide bonds. The smallest absolute Gasteiger partial charge is 0.315 e. The molecular weight excluding hydrogens is 262 g/mol. The lowest BCUT2D eigenvalue weighted by atomic mass is 9.94. The molecule has 1 aromatic heterocycles. The third kappa shape index (κ3) is 6.77. The van der Waals surface area contributed by atoms with Crippen molar-refractivity contribution < 1.29 is 19.2 Å². The van der Waals surface area contributed by atoms with Crippen molar-refractivity contribution in [3.63, 3.8) is 0 Å². The van der Waals surface area contributed by atoms with Crippen LogP contribution in [0.1, 0.15) is 32.4 Å². The number of nitrogens with zero attached hydrogens (tertiary/aromatic N) is 1. The molecule has 0 aliphatic heterocycles. The number of aliphatic carboxylic acids is 1. The van der Waals surface area contributed by atoms with E-state index in [4.69, 9.17) is 5.11 Å². The molecule has 0 saturated heterocycles. The lowest BCUT2D eigenvalue weighted by Crippen LogP contribution is -2.38. The summed E-state index contributed by atoms with van der Waals surface area (Å²) < 4.78 is 4.65. The number of hydrogen-bond acceptors (Lipinski definition) is 4. The molecule has 0 aliphatic carbocycles. The number of hydrogen-bond donors (Lipinski definition) is 3. The number of aromatic nitrogens is 1. The molecular formula is C13H21N3O4. The van der Waals surface area contributed by atoms with Crippen molar-refractivity contribution in [3.05, 3.63) is 18.0 Å². The van der Waals surface area contributed by atoms with Crippen molar-refractivity contribution in [2.24, 2.45) is 11.8 Å². The summed E-state index contributed by atoms with van der Waals surface area (Å²) in [5.74, 6) is -0.523. The summed E-state index contributed by atoms with van der Waals surface area (Å²) in [4.78, 5) is 22.4. The van der Waals surface area contributed by atoms with Gasteiger partial charge in [-0.05, 0) is 18.3 Å². The molecule has 1 heterocycles. The van der Waals surface area contributed by atoms with Crippen molar-refractivity contribution in [2.45, 2.75) is 33.2 Å². The Morgan fingerprint density at radius 2 is 2.15 bits per heavy atom. The van der Waals surface area contributed by atoms with Crippen LogP contribution in [0.25, 0.3) is 0 Å². The van der Waals surface area contributed by atoms with Gasteiger partial charge in [-0.2, -0.15) is 0 Å². The van der Waals surface area contributed by atoms with Crippen LogP contribution in [0.15, 0.2) is 16.9 Å². The molecule has 1 rings (SSSR count). The highest BCUT2D eigenvalue weighted by molar-refractivity contribution is 5.74. The van der Waals surface area contributed by atoms with Crippen LogP contribution in [0.3, 0.4) is 0 Å². The number of urea groups is 1. The van der Waals surface area contributed by atoms with Gasteiger partial charge in [0.05, 0.1) is 6.54 Å². The van der Waals surface area contributed by atoms with E-state index in [1.54, 1.807) is 6.07 Å². The summed E-state index contributed by atoms with van der Waals surface area (Å²) in [6.45, 7) is 4.67. The van der Waals surface area contributed by atoms with Gasteiger partial charge in [-0.3, -0.25) is 4.79 Å². The number of carbonyl (C=O) groups excluding carboxylic acids is 1. The Bertz CT molecular complexity index is 417. The molecule has 1 aromatic rings. The molecule has 20 heavy (non-hydrogen) atoms. The van der Waals surface area contributed by atoms with Crippen LogP contribution in [0, 0.1) is 11.8 Å². The molecule has 0 spiro atoms. The maximum atomic E-state index is 11.6. The third-order valence-corrected chi connectivity index (χ3v) is 2.74. The van der Waals surface area contributed by atoms with Gasteiger partial charge in [-0.25, -0.2) is 4.79 Å². The van der Waals surface area contributed by atoms with E-state index in [0.717, 1.165) is 6.42 Å². The summed E-state index contributed by atoms with van der Waals surface area (Å²) in [6, 6.07) is 1.32. The highest BCUT2D eigenvalue weighted by Crippen LogP contribution is 2.14. The normalized spacial score (nSPS) is 12.2. The van der Waals surface area contributed by atoms with Crippen LogP contribution in [0.2, 0.25) is 0 Å². The fourth-order valence-electron chi connectivity index (χ4n) is 1.95. The van der Waals surface area contributed by atoms with E-state index < -0.39 is 5.97 Å². The average molecular weight is 283 g/mol. The molecule has 3 N–H and O–H groups in total. The van der Waals surface area contributed by atoms with E-state index in [1.807, 2.05) is 13.8 Å². The first-order valence-electron chi connectivity index (χ1n) is 6.60. The monoisotopic (exact) mass is 283 g/mol. The molecule has 0 bridgehead atoms. The van der Waals surface area contributed by atoms with E-state index in [1.165, 1.54) is 6.26 Å². The van der Waals surface area contributed by atoms with Gasteiger partial charge < -0.3 is 20.3 Å². The summed E-state index contributed by atoms with van der Waals surface area (Å²) >= 11 is 0. The number of carbonyl (C=O) groups is 2. The number of carboxylic acids is 1. The topological polar surface area (TPSA) is 104 Å². The summed E-state index contributed by atoms with van der Waals surface area (Å²) in [6.07, 6.45) is 2.25. The van der Waals surface area contributed by atoms with Crippen LogP contribution < -0.4 is 10.6 Å². The Kier molecular flexibility index (Phi) is 6.55. The lowest BCUT2D eigenvalue weighted by Gasteiger charge is -2.17. The lowest BCUT2D eigenvalue weighted by molar-refractivity contribution is -0.138. The Morgan fingerprint density at radius 3 is 2.70 bits per heavy atom. The number of rotatable bonds is 8. The van der Waals surface area contributed by atoms with E-state index in [2.05, 4.69) is 20.3 Å². The van der Waals surface area contributed by atoms with E-state index >= 15 is 0 Å². The van der Waals surface area contributed by atoms with E-state index in [-0.39, 0.29) is 24.9 Å². The first kappa shape index (κ1) is 16.0. The van der Waals surface area contributed by atoms with Crippen molar-refractivity contribution >= 4 is 12.0 Å². The SMILES string of the molecule is CC(C)C[C@H](CNC(=O)NCc1ccon1)CC(=O)O. The minimum absolute atomic E-state index is 0.0573. The number of carboxylic acid groups (broad SMARTS) is 1. The molecule has 0 aromatic carbocycles.